The number of methoxy groups -OCH3 is 2. The third-order valence-electron chi connectivity index (χ3n) is 8.80. The maximum Gasteiger partial charge on any atom is 0.407 e. The molecule has 0 aliphatic carbocycles. The van der Waals surface area contributed by atoms with E-state index in [1.165, 1.54) is 24.0 Å². The summed E-state index contributed by atoms with van der Waals surface area (Å²) in [4.78, 5) is 79.1. The zero-order chi connectivity index (χ0) is 37.1. The molecule has 2 saturated heterocycles. The van der Waals surface area contributed by atoms with Gasteiger partial charge in [0, 0.05) is 24.5 Å². The standard InChI is InChI=1S/C35H46N8O8/c1-6-26(38-34(48)50-4)32(46)42-19-7-9-27(42)30(44)36-22-11-15-24(16-12-22)40-41-25-17-13-23(14-18-25)37-31(45)28-10-8-20-43(28)33(47)29(21(2)3)39-35(49)51-5/h11-18,21,26-29H,6-10,19-20H2,1-5H3,(H,36,44)(H,37,45)(H,38,48)(H,39,49). The molecule has 0 aromatic heterocycles. The number of carbonyl (C=O) groups excluding carboxylic acids is 6. The van der Waals surface area contributed by atoms with Crippen LogP contribution in [0.15, 0.2) is 58.8 Å². The van der Waals surface area contributed by atoms with Gasteiger partial charge in [-0.05, 0) is 86.6 Å². The van der Waals surface area contributed by atoms with Crippen LogP contribution >= 0.6 is 0 Å². The minimum Gasteiger partial charge on any atom is -0.453 e. The molecule has 4 atom stereocenters. The Morgan fingerprint density at radius 3 is 1.55 bits per heavy atom. The molecule has 4 unspecified atom stereocenters. The molecule has 16 nitrogen and oxygen atoms in total. The number of alkyl carbamates (subject to hydrolysis) is 2. The topological polar surface area (TPSA) is 200 Å². The first-order valence-electron chi connectivity index (χ1n) is 17.0. The number of rotatable bonds is 12. The fraction of sp³-hybridized carbons (Fsp3) is 0.486. The molecule has 2 aliphatic rings. The number of anilines is 2. The highest BCUT2D eigenvalue weighted by Gasteiger charge is 2.39. The van der Waals surface area contributed by atoms with Gasteiger partial charge in [-0.1, -0.05) is 20.8 Å². The minimum atomic E-state index is -0.816. The summed E-state index contributed by atoms with van der Waals surface area (Å²) >= 11 is 0. The first kappa shape index (κ1) is 38.3. The van der Waals surface area contributed by atoms with E-state index < -0.39 is 36.4 Å². The van der Waals surface area contributed by atoms with Crippen LogP contribution in [-0.4, -0.2) is 97.1 Å². The molecule has 0 bridgehead atoms. The normalized spacial score (nSPS) is 18.2. The van der Waals surface area contributed by atoms with Crippen molar-refractivity contribution in [1.29, 1.82) is 0 Å². The number of likely N-dealkylation sites (tertiary alicyclic amines) is 2. The first-order valence-corrected chi connectivity index (χ1v) is 17.0. The highest BCUT2D eigenvalue weighted by Crippen LogP contribution is 2.26. The van der Waals surface area contributed by atoms with Gasteiger partial charge in [-0.2, -0.15) is 10.2 Å². The van der Waals surface area contributed by atoms with Gasteiger partial charge in [0.1, 0.15) is 24.2 Å². The summed E-state index contributed by atoms with van der Waals surface area (Å²) in [6.45, 7) is 6.22. The molecule has 4 rings (SSSR count). The third-order valence-corrected chi connectivity index (χ3v) is 8.80. The summed E-state index contributed by atoms with van der Waals surface area (Å²) < 4.78 is 9.27. The quantitative estimate of drug-likeness (QED) is 0.232. The summed E-state index contributed by atoms with van der Waals surface area (Å²) in [6, 6.07) is 10.6. The number of hydrogen-bond donors (Lipinski definition) is 4. The lowest BCUT2D eigenvalue weighted by atomic mass is 10.0. The molecule has 2 fully saturated rings. The van der Waals surface area contributed by atoms with E-state index in [0.29, 0.717) is 67.9 Å². The fourth-order valence-corrected chi connectivity index (χ4v) is 6.01. The van der Waals surface area contributed by atoms with Crippen molar-refractivity contribution in [3.05, 3.63) is 48.5 Å². The van der Waals surface area contributed by atoms with Crippen molar-refractivity contribution in [1.82, 2.24) is 20.4 Å². The molecule has 6 amide bonds. The Labute approximate surface area is 296 Å². The zero-order valence-electron chi connectivity index (χ0n) is 29.5. The van der Waals surface area contributed by atoms with E-state index in [4.69, 9.17) is 0 Å². The Hall–Kier alpha value is -5.54. The van der Waals surface area contributed by atoms with Crippen molar-refractivity contribution < 1.29 is 38.2 Å². The summed E-state index contributed by atoms with van der Waals surface area (Å²) in [5.41, 5.74) is 2.13. The molecule has 2 aromatic rings. The van der Waals surface area contributed by atoms with Crippen LogP contribution in [0.2, 0.25) is 0 Å². The third kappa shape index (κ3) is 10.0. The van der Waals surface area contributed by atoms with Crippen LogP contribution < -0.4 is 21.3 Å². The monoisotopic (exact) mass is 706 g/mol. The second kappa shape index (κ2) is 17.9. The minimum absolute atomic E-state index is 0.202. The SMILES string of the molecule is CCC(NC(=O)OC)C(=O)N1CCCC1C(=O)Nc1ccc(N=Nc2ccc(NC(=O)C3CCCN3C(=O)C(NC(=O)OC)C(C)C)cc2)cc1. The van der Waals surface area contributed by atoms with Gasteiger partial charge >= 0.3 is 12.2 Å². The molecule has 16 heteroatoms. The van der Waals surface area contributed by atoms with Crippen LogP contribution in [0.25, 0.3) is 0 Å². The number of benzene rings is 2. The Balaban J connectivity index is 1.30. The van der Waals surface area contributed by atoms with Gasteiger partial charge in [-0.25, -0.2) is 9.59 Å². The summed E-state index contributed by atoms with van der Waals surface area (Å²) in [6.07, 6.45) is 1.29. The number of amides is 6. The summed E-state index contributed by atoms with van der Waals surface area (Å²) in [5, 5.41) is 19.3. The summed E-state index contributed by atoms with van der Waals surface area (Å²) in [7, 11) is 2.45. The molecule has 51 heavy (non-hydrogen) atoms. The molecular formula is C35H46N8O8. The van der Waals surface area contributed by atoms with Gasteiger partial charge in [-0.15, -0.1) is 0 Å². The first-order chi connectivity index (χ1) is 24.4. The zero-order valence-corrected chi connectivity index (χ0v) is 29.5. The second-order valence-electron chi connectivity index (χ2n) is 12.6. The largest absolute Gasteiger partial charge is 0.453 e. The van der Waals surface area contributed by atoms with Gasteiger partial charge in [0.05, 0.1) is 25.6 Å². The van der Waals surface area contributed by atoms with Crippen molar-refractivity contribution >= 4 is 58.6 Å². The predicted molar refractivity (Wildman–Crippen MR) is 188 cm³/mol. The number of hydrogen-bond acceptors (Lipinski definition) is 10. The van der Waals surface area contributed by atoms with Crippen LogP contribution in [0.4, 0.5) is 32.3 Å². The van der Waals surface area contributed by atoms with Gasteiger partial charge in [0.15, 0.2) is 0 Å². The van der Waals surface area contributed by atoms with E-state index in [-0.39, 0.29) is 29.5 Å². The summed E-state index contributed by atoms with van der Waals surface area (Å²) in [5.74, 6) is -1.51. The molecule has 2 heterocycles. The lowest BCUT2D eigenvalue weighted by molar-refractivity contribution is -0.139. The maximum atomic E-state index is 13.3. The van der Waals surface area contributed by atoms with E-state index >= 15 is 0 Å². The fourth-order valence-electron chi connectivity index (χ4n) is 6.01. The van der Waals surface area contributed by atoms with Crippen molar-refractivity contribution in [2.24, 2.45) is 16.1 Å². The van der Waals surface area contributed by atoms with Crippen molar-refractivity contribution in [3.63, 3.8) is 0 Å². The van der Waals surface area contributed by atoms with Gasteiger partial charge in [0.2, 0.25) is 23.6 Å². The van der Waals surface area contributed by atoms with E-state index in [1.807, 2.05) is 13.8 Å². The highest BCUT2D eigenvalue weighted by atomic mass is 16.5. The number of azo groups is 1. The van der Waals surface area contributed by atoms with E-state index in [0.717, 1.165) is 0 Å². The molecular weight excluding hydrogens is 660 g/mol. The lowest BCUT2D eigenvalue weighted by Gasteiger charge is -2.30. The lowest BCUT2D eigenvalue weighted by Crippen LogP contribution is -2.54. The van der Waals surface area contributed by atoms with E-state index in [1.54, 1.807) is 55.5 Å². The van der Waals surface area contributed by atoms with Crippen LogP contribution in [0.1, 0.15) is 52.9 Å². The van der Waals surface area contributed by atoms with E-state index in [2.05, 4.69) is 41.0 Å². The van der Waals surface area contributed by atoms with Crippen LogP contribution in [-0.2, 0) is 28.7 Å². The highest BCUT2D eigenvalue weighted by molar-refractivity contribution is 5.99. The Morgan fingerprint density at radius 1 is 0.706 bits per heavy atom. The second-order valence-corrected chi connectivity index (χ2v) is 12.6. The molecule has 2 aliphatic heterocycles. The smallest absolute Gasteiger partial charge is 0.407 e. The Morgan fingerprint density at radius 2 is 1.14 bits per heavy atom. The number of nitrogens with one attached hydrogen (secondary N) is 4. The van der Waals surface area contributed by atoms with Crippen LogP contribution in [0, 0.1) is 5.92 Å². The number of ether oxygens (including phenoxy) is 2. The number of carbonyl (C=O) groups is 6. The Bertz CT molecular complexity index is 1600. The van der Waals surface area contributed by atoms with Crippen LogP contribution in [0.5, 0.6) is 0 Å². The molecule has 0 saturated carbocycles. The molecule has 0 spiro atoms. The van der Waals surface area contributed by atoms with Crippen molar-refractivity contribution in [3.8, 4) is 0 Å². The Kier molecular flexibility index (Phi) is 13.4. The van der Waals surface area contributed by atoms with Crippen molar-refractivity contribution in [2.75, 3.05) is 37.9 Å². The van der Waals surface area contributed by atoms with Gasteiger partial charge in [0.25, 0.3) is 0 Å². The number of nitrogens with zero attached hydrogens (tertiary/aromatic N) is 4. The molecule has 4 N–H and O–H groups in total. The van der Waals surface area contributed by atoms with Gasteiger partial charge < -0.3 is 40.5 Å². The average Bonchev–Trinajstić information content (AvgIpc) is 3.83. The average molecular weight is 707 g/mol. The molecule has 0 radical (unpaired) electrons. The maximum absolute atomic E-state index is 13.3. The predicted octanol–water partition coefficient (Wildman–Crippen LogP) is 4.48. The molecule has 274 valence electrons. The van der Waals surface area contributed by atoms with Crippen LogP contribution in [0.3, 0.4) is 0 Å². The van der Waals surface area contributed by atoms with Crippen molar-refractivity contribution in [2.45, 2.75) is 77.0 Å². The van der Waals surface area contributed by atoms with E-state index in [9.17, 15) is 28.8 Å². The van der Waals surface area contributed by atoms with Gasteiger partial charge in [-0.3, -0.25) is 19.2 Å². The molecule has 2 aromatic carbocycles.